The second-order valence-electron chi connectivity index (χ2n) is 5.71. The molecule has 0 saturated carbocycles. The summed E-state index contributed by atoms with van der Waals surface area (Å²) in [6.45, 7) is 3.72. The highest BCUT2D eigenvalue weighted by Gasteiger charge is 2.52. The quantitative estimate of drug-likeness (QED) is 0.863. The predicted molar refractivity (Wildman–Crippen MR) is 80.5 cm³/mol. The number of amides is 1. The van der Waals surface area contributed by atoms with Crippen LogP contribution in [-0.2, 0) is 23.4 Å². The maximum Gasteiger partial charge on any atom is 0.273 e. The highest BCUT2D eigenvalue weighted by molar-refractivity contribution is 7.07. The van der Waals surface area contributed by atoms with Crippen molar-refractivity contribution in [2.45, 2.75) is 32.0 Å². The highest BCUT2D eigenvalue weighted by atomic mass is 32.1. The number of aromatic nitrogens is 3. The molecule has 0 atom stereocenters. The van der Waals surface area contributed by atoms with E-state index in [9.17, 15) is 4.79 Å². The number of fused-ring (bicyclic) bond motifs is 2. The lowest BCUT2D eigenvalue weighted by molar-refractivity contribution is -0.126. The molecule has 114 valence electrons. The van der Waals surface area contributed by atoms with Crippen molar-refractivity contribution in [3.63, 3.8) is 0 Å². The van der Waals surface area contributed by atoms with Crippen LogP contribution in [0.5, 0.6) is 0 Å². The van der Waals surface area contributed by atoms with Crippen molar-refractivity contribution >= 4 is 17.2 Å². The number of rotatable bonds is 3. The summed E-state index contributed by atoms with van der Waals surface area (Å²) in [5, 5.41) is 1.77. The van der Waals surface area contributed by atoms with Crippen molar-refractivity contribution in [2.24, 2.45) is 0 Å². The lowest BCUT2D eigenvalue weighted by atomic mass is 9.87. The fourth-order valence-electron chi connectivity index (χ4n) is 3.03. The molecule has 2 aromatic rings. The lowest BCUT2D eigenvalue weighted by Crippen LogP contribution is -2.61. The Balaban J connectivity index is 1.52. The first-order valence-electron chi connectivity index (χ1n) is 7.38. The van der Waals surface area contributed by atoms with E-state index in [0.29, 0.717) is 25.4 Å². The Kier molecular flexibility index (Phi) is 3.19. The first-order valence-corrected chi connectivity index (χ1v) is 8.33. The zero-order valence-corrected chi connectivity index (χ0v) is 13.1. The Morgan fingerprint density at radius 3 is 3.05 bits per heavy atom. The minimum Gasteiger partial charge on any atom is -0.360 e. The van der Waals surface area contributed by atoms with Crippen molar-refractivity contribution < 1.29 is 9.53 Å². The molecule has 0 aromatic carbocycles. The minimum absolute atomic E-state index is 0.0348. The zero-order valence-electron chi connectivity index (χ0n) is 12.3. The molecule has 22 heavy (non-hydrogen) atoms. The largest absolute Gasteiger partial charge is 0.360 e. The number of likely N-dealkylation sites (tertiary alicyclic amines) is 1. The van der Waals surface area contributed by atoms with Gasteiger partial charge in [0.15, 0.2) is 0 Å². The van der Waals surface area contributed by atoms with Crippen molar-refractivity contribution in [3.05, 3.63) is 39.9 Å². The fraction of sp³-hybridized carbons (Fsp3) is 0.467. The maximum atomic E-state index is 12.3. The molecule has 1 amide bonds. The number of nitrogens with zero attached hydrogens (tertiary/aromatic N) is 4. The molecular weight excluding hydrogens is 300 g/mol. The van der Waals surface area contributed by atoms with Crippen molar-refractivity contribution in [2.75, 3.05) is 13.1 Å². The van der Waals surface area contributed by atoms with Crippen molar-refractivity contribution in [1.29, 1.82) is 0 Å². The van der Waals surface area contributed by atoms with Crippen LogP contribution in [0.2, 0.25) is 0 Å². The number of carbonyl (C=O) groups is 1. The lowest BCUT2D eigenvalue weighted by Gasteiger charge is -2.46. The Hall–Kier alpha value is -1.86. The molecule has 0 aliphatic carbocycles. The Bertz CT molecular complexity index is 710. The molecule has 6 nitrogen and oxygen atoms in total. The van der Waals surface area contributed by atoms with Gasteiger partial charge in [0.1, 0.15) is 17.1 Å². The van der Waals surface area contributed by atoms with Crippen LogP contribution in [-0.4, -0.2) is 38.8 Å². The van der Waals surface area contributed by atoms with Gasteiger partial charge in [-0.1, -0.05) is 6.92 Å². The summed E-state index contributed by atoms with van der Waals surface area (Å²) in [4.78, 5) is 27.1. The Labute approximate surface area is 132 Å². The van der Waals surface area contributed by atoms with E-state index in [4.69, 9.17) is 4.74 Å². The molecule has 4 heterocycles. The Morgan fingerprint density at radius 1 is 1.45 bits per heavy atom. The van der Waals surface area contributed by atoms with Crippen LogP contribution in [0.1, 0.15) is 40.9 Å². The summed E-state index contributed by atoms with van der Waals surface area (Å²) in [6.07, 6.45) is 3.79. The van der Waals surface area contributed by atoms with Crippen LogP contribution >= 0.6 is 11.3 Å². The molecule has 7 heteroatoms. The van der Waals surface area contributed by atoms with E-state index in [2.05, 4.69) is 21.9 Å². The number of aryl methyl sites for hydroxylation is 1. The molecule has 1 fully saturated rings. The number of ether oxygens (including phenoxy) is 1. The van der Waals surface area contributed by atoms with Gasteiger partial charge in [-0.15, -0.1) is 11.3 Å². The third kappa shape index (κ3) is 2.04. The fourth-order valence-corrected chi connectivity index (χ4v) is 3.56. The minimum atomic E-state index is -0.411. The summed E-state index contributed by atoms with van der Waals surface area (Å²) in [5.41, 5.74) is 3.78. The van der Waals surface area contributed by atoms with E-state index in [1.54, 1.807) is 15.8 Å². The predicted octanol–water partition coefficient (Wildman–Crippen LogP) is 1.77. The van der Waals surface area contributed by atoms with Gasteiger partial charge < -0.3 is 9.64 Å². The monoisotopic (exact) mass is 316 g/mol. The summed E-state index contributed by atoms with van der Waals surface area (Å²) < 4.78 is 5.96. The van der Waals surface area contributed by atoms with Crippen molar-refractivity contribution in [1.82, 2.24) is 19.9 Å². The van der Waals surface area contributed by atoms with Gasteiger partial charge in [-0.05, 0) is 6.42 Å². The number of carbonyl (C=O) groups excluding carboxylic acids is 1. The summed E-state index contributed by atoms with van der Waals surface area (Å²) in [5.74, 6) is 0.837. The molecule has 1 spiro atoms. The van der Waals surface area contributed by atoms with Crippen molar-refractivity contribution in [3.8, 4) is 0 Å². The molecule has 0 N–H and O–H groups in total. The number of hydrogen-bond donors (Lipinski definition) is 0. The van der Waals surface area contributed by atoms with Gasteiger partial charge in [-0.2, -0.15) is 0 Å². The van der Waals surface area contributed by atoms with E-state index < -0.39 is 5.60 Å². The smallest absolute Gasteiger partial charge is 0.273 e. The molecular formula is C15H16N4O2S. The third-order valence-corrected chi connectivity index (χ3v) is 4.78. The summed E-state index contributed by atoms with van der Waals surface area (Å²) >= 11 is 1.43. The van der Waals surface area contributed by atoms with E-state index in [1.165, 1.54) is 11.3 Å². The van der Waals surface area contributed by atoms with Gasteiger partial charge in [0.25, 0.3) is 5.91 Å². The third-order valence-electron chi connectivity index (χ3n) is 4.20. The van der Waals surface area contributed by atoms with Crippen LogP contribution in [0.4, 0.5) is 0 Å². The molecule has 2 aromatic heterocycles. The zero-order chi connectivity index (χ0) is 15.2. The molecule has 2 aliphatic rings. The van der Waals surface area contributed by atoms with Gasteiger partial charge in [0.2, 0.25) is 0 Å². The molecule has 4 rings (SSSR count). The molecule has 0 bridgehead atoms. The molecule has 0 radical (unpaired) electrons. The first-order chi connectivity index (χ1) is 10.7. The van der Waals surface area contributed by atoms with Gasteiger partial charge in [0.05, 0.1) is 30.9 Å². The maximum absolute atomic E-state index is 12.3. The molecule has 1 saturated heterocycles. The topological polar surface area (TPSA) is 68.2 Å². The first kappa shape index (κ1) is 13.8. The van der Waals surface area contributed by atoms with Gasteiger partial charge in [0, 0.05) is 23.6 Å². The van der Waals surface area contributed by atoms with Gasteiger partial charge in [-0.3, -0.25) is 4.79 Å². The van der Waals surface area contributed by atoms with E-state index in [-0.39, 0.29) is 5.91 Å². The number of hydrogen-bond acceptors (Lipinski definition) is 6. The summed E-state index contributed by atoms with van der Waals surface area (Å²) in [6, 6.07) is 0. The molecule has 2 aliphatic heterocycles. The average Bonchev–Trinajstić information content (AvgIpc) is 3.13. The second kappa shape index (κ2) is 5.10. The van der Waals surface area contributed by atoms with E-state index in [1.807, 2.05) is 6.20 Å². The van der Waals surface area contributed by atoms with Crippen LogP contribution in [0, 0.1) is 0 Å². The second-order valence-corrected chi connectivity index (χ2v) is 6.43. The van der Waals surface area contributed by atoms with Crippen LogP contribution in [0.15, 0.2) is 17.1 Å². The van der Waals surface area contributed by atoms with Crippen LogP contribution in [0.3, 0.4) is 0 Å². The average molecular weight is 316 g/mol. The van der Waals surface area contributed by atoms with Crippen LogP contribution < -0.4 is 0 Å². The highest BCUT2D eigenvalue weighted by Crippen LogP contribution is 2.42. The standard InChI is InChI=1S/C15H16N4O2S/c1-2-3-13-16-4-10-11(18-13)5-21-15(10)7-19(8-15)14(20)12-6-22-9-17-12/h4,6,9H,2-3,5,7-8H2,1H3. The van der Waals surface area contributed by atoms with Gasteiger partial charge >= 0.3 is 0 Å². The summed E-state index contributed by atoms with van der Waals surface area (Å²) in [7, 11) is 0. The van der Waals surface area contributed by atoms with Gasteiger partial charge in [-0.25, -0.2) is 15.0 Å². The van der Waals surface area contributed by atoms with Crippen LogP contribution in [0.25, 0.3) is 0 Å². The van der Waals surface area contributed by atoms with E-state index >= 15 is 0 Å². The number of thiazole rings is 1. The SMILES string of the molecule is CCCc1ncc2c(n1)COC21CN(C(=O)c2cscn2)C1. The molecule has 0 unspecified atom stereocenters. The Morgan fingerprint density at radius 2 is 2.32 bits per heavy atom. The van der Waals surface area contributed by atoms with E-state index in [0.717, 1.165) is 29.9 Å². The normalized spacial score (nSPS) is 18.3.